The third-order valence-corrected chi connectivity index (χ3v) is 4.38. The second-order valence-corrected chi connectivity index (χ2v) is 6.47. The summed E-state index contributed by atoms with van der Waals surface area (Å²) in [5.41, 5.74) is -0.305. The molecule has 0 aliphatic carbocycles. The lowest BCUT2D eigenvalue weighted by Crippen LogP contribution is -2.27. The molecular formula is C20H15F2N3O6. The maximum absolute atomic E-state index is 13.1. The fourth-order valence-electron chi connectivity index (χ4n) is 3.02. The van der Waals surface area contributed by atoms with Crippen LogP contribution in [0, 0.1) is 0 Å². The molecule has 0 unspecified atom stereocenters. The number of benzene rings is 2. The molecule has 11 heteroatoms. The van der Waals surface area contributed by atoms with Crippen LogP contribution in [0.25, 0.3) is 10.8 Å². The monoisotopic (exact) mass is 431 g/mol. The number of amides is 1. The van der Waals surface area contributed by atoms with Crippen molar-refractivity contribution in [3.8, 4) is 11.5 Å². The van der Waals surface area contributed by atoms with E-state index in [-0.39, 0.29) is 35.0 Å². The summed E-state index contributed by atoms with van der Waals surface area (Å²) in [5, 5.41) is 7.04. The average molecular weight is 431 g/mol. The zero-order valence-electron chi connectivity index (χ0n) is 16.1. The van der Waals surface area contributed by atoms with E-state index in [2.05, 4.69) is 19.9 Å². The first-order valence-electron chi connectivity index (χ1n) is 9.14. The largest absolute Gasteiger partial charge is 0.586 e. The predicted octanol–water partition coefficient (Wildman–Crippen LogP) is 2.53. The number of aromatic nitrogens is 2. The predicted molar refractivity (Wildman–Crippen MR) is 103 cm³/mol. The number of nitrogens with one attached hydrogen (secondary N) is 1. The van der Waals surface area contributed by atoms with E-state index in [1.807, 2.05) is 0 Å². The van der Waals surface area contributed by atoms with Crippen molar-refractivity contribution in [3.63, 3.8) is 0 Å². The number of carbonyl (C=O) groups excluding carboxylic acids is 2. The van der Waals surface area contributed by atoms with Gasteiger partial charge in [0.25, 0.3) is 11.5 Å². The first-order chi connectivity index (χ1) is 14.8. The molecule has 0 atom stereocenters. The lowest BCUT2D eigenvalue weighted by molar-refractivity contribution is -0.286. The number of ether oxygens (including phenoxy) is 3. The topological polar surface area (TPSA) is 109 Å². The Balaban J connectivity index is 1.46. The minimum Gasteiger partial charge on any atom is -0.451 e. The number of carbonyl (C=O) groups is 2. The molecule has 1 aromatic heterocycles. The zero-order chi connectivity index (χ0) is 22.2. The van der Waals surface area contributed by atoms with Crippen LogP contribution in [0.5, 0.6) is 11.5 Å². The van der Waals surface area contributed by atoms with Gasteiger partial charge in [-0.2, -0.15) is 5.10 Å². The number of aryl methyl sites for hydroxylation is 1. The van der Waals surface area contributed by atoms with E-state index >= 15 is 0 Å². The second kappa shape index (κ2) is 7.67. The van der Waals surface area contributed by atoms with Crippen molar-refractivity contribution in [2.24, 2.45) is 0 Å². The summed E-state index contributed by atoms with van der Waals surface area (Å²) in [7, 11) is 0. The standard InChI is InChI=1S/C20H15F2N3O6/c1-2-25-18(27)13-6-4-3-5-12(13)17(24-25)19(28)29-10-16(26)23-11-7-8-14-15(9-11)31-20(21,22)30-14/h3-9H,2,10H2,1H3,(H,23,26). The van der Waals surface area contributed by atoms with Crippen molar-refractivity contribution in [2.75, 3.05) is 11.9 Å². The highest BCUT2D eigenvalue weighted by molar-refractivity contribution is 6.03. The van der Waals surface area contributed by atoms with Crippen molar-refractivity contribution in [2.45, 2.75) is 19.8 Å². The number of halogens is 2. The molecule has 9 nitrogen and oxygen atoms in total. The van der Waals surface area contributed by atoms with E-state index in [0.717, 1.165) is 10.7 Å². The van der Waals surface area contributed by atoms with Crippen molar-refractivity contribution in [1.29, 1.82) is 0 Å². The molecule has 3 aromatic rings. The molecule has 1 aliphatic heterocycles. The highest BCUT2D eigenvalue weighted by Crippen LogP contribution is 2.42. The Morgan fingerprint density at radius 2 is 1.84 bits per heavy atom. The molecule has 31 heavy (non-hydrogen) atoms. The molecule has 1 aliphatic rings. The molecule has 2 aromatic carbocycles. The lowest BCUT2D eigenvalue weighted by atomic mass is 10.1. The van der Waals surface area contributed by atoms with Gasteiger partial charge in [-0.25, -0.2) is 9.48 Å². The van der Waals surface area contributed by atoms with Crippen molar-refractivity contribution in [1.82, 2.24) is 9.78 Å². The van der Waals surface area contributed by atoms with Crippen molar-refractivity contribution >= 4 is 28.3 Å². The molecule has 0 radical (unpaired) electrons. The summed E-state index contributed by atoms with van der Waals surface area (Å²) >= 11 is 0. The van der Waals surface area contributed by atoms with Gasteiger partial charge in [0.1, 0.15) is 0 Å². The van der Waals surface area contributed by atoms with Gasteiger partial charge in [0.15, 0.2) is 23.8 Å². The van der Waals surface area contributed by atoms with Gasteiger partial charge in [-0.1, -0.05) is 18.2 Å². The quantitative estimate of drug-likeness (QED) is 0.619. The Kier molecular flexibility index (Phi) is 5.01. The number of nitrogens with zero attached hydrogens (tertiary/aromatic N) is 2. The summed E-state index contributed by atoms with van der Waals surface area (Å²) in [6.07, 6.45) is -3.77. The van der Waals surface area contributed by atoms with Gasteiger partial charge >= 0.3 is 12.3 Å². The van der Waals surface area contributed by atoms with Crippen LogP contribution in [-0.4, -0.2) is 34.6 Å². The molecule has 0 spiro atoms. The highest BCUT2D eigenvalue weighted by Gasteiger charge is 2.43. The summed E-state index contributed by atoms with van der Waals surface area (Å²) < 4.78 is 40.9. The van der Waals surface area contributed by atoms with E-state index in [1.54, 1.807) is 31.2 Å². The first kappa shape index (κ1) is 20.3. The first-order valence-corrected chi connectivity index (χ1v) is 9.14. The molecule has 0 bridgehead atoms. The molecule has 1 N–H and O–H groups in total. The molecule has 4 rings (SSSR count). The third-order valence-electron chi connectivity index (χ3n) is 4.38. The Hall–Kier alpha value is -4.02. The maximum Gasteiger partial charge on any atom is 0.586 e. The van der Waals surface area contributed by atoms with Crippen LogP contribution in [0.2, 0.25) is 0 Å². The second-order valence-electron chi connectivity index (χ2n) is 6.47. The van der Waals surface area contributed by atoms with Gasteiger partial charge in [-0.3, -0.25) is 9.59 Å². The number of hydrogen-bond donors (Lipinski definition) is 1. The fourth-order valence-corrected chi connectivity index (χ4v) is 3.02. The van der Waals surface area contributed by atoms with Gasteiger partial charge in [-0.05, 0) is 25.1 Å². The number of hydrogen-bond acceptors (Lipinski definition) is 7. The number of alkyl halides is 2. The van der Waals surface area contributed by atoms with Crippen molar-refractivity contribution < 1.29 is 32.6 Å². The number of fused-ring (bicyclic) bond motifs is 2. The molecule has 2 heterocycles. The third kappa shape index (κ3) is 4.02. The van der Waals surface area contributed by atoms with E-state index in [9.17, 15) is 23.2 Å². The van der Waals surface area contributed by atoms with Crippen LogP contribution < -0.4 is 20.3 Å². The SMILES string of the molecule is CCn1nc(C(=O)OCC(=O)Nc2ccc3c(c2)OC(F)(F)O3)c2ccccc2c1=O. The smallest absolute Gasteiger partial charge is 0.451 e. The van der Waals surface area contributed by atoms with E-state index in [1.165, 1.54) is 12.1 Å². The molecule has 1 amide bonds. The Labute approximate surface area is 173 Å². The van der Waals surface area contributed by atoms with Gasteiger partial charge in [0.05, 0.1) is 5.39 Å². The zero-order valence-corrected chi connectivity index (χ0v) is 16.1. The average Bonchev–Trinajstić information content (AvgIpc) is 3.05. The molecule has 0 saturated heterocycles. The van der Waals surface area contributed by atoms with E-state index in [0.29, 0.717) is 10.8 Å². The Bertz CT molecular complexity index is 1260. The minimum atomic E-state index is -3.77. The van der Waals surface area contributed by atoms with Crippen LogP contribution in [0.3, 0.4) is 0 Å². The Morgan fingerprint density at radius 1 is 1.13 bits per heavy atom. The van der Waals surface area contributed by atoms with Crippen LogP contribution in [0.15, 0.2) is 47.3 Å². The summed E-state index contributed by atoms with van der Waals surface area (Å²) in [4.78, 5) is 37.0. The number of rotatable bonds is 5. The Morgan fingerprint density at radius 3 is 2.58 bits per heavy atom. The van der Waals surface area contributed by atoms with Gasteiger partial charge in [-0.15, -0.1) is 8.78 Å². The van der Waals surface area contributed by atoms with Gasteiger partial charge in [0.2, 0.25) is 0 Å². The van der Waals surface area contributed by atoms with E-state index in [4.69, 9.17) is 4.74 Å². The van der Waals surface area contributed by atoms with Gasteiger partial charge < -0.3 is 19.5 Å². The van der Waals surface area contributed by atoms with Crippen LogP contribution >= 0.6 is 0 Å². The minimum absolute atomic E-state index is 0.102. The number of esters is 1. The summed E-state index contributed by atoms with van der Waals surface area (Å²) in [5.74, 6) is -2.01. The maximum atomic E-state index is 13.1. The molecule has 0 fully saturated rings. The highest BCUT2D eigenvalue weighted by atomic mass is 19.3. The summed E-state index contributed by atoms with van der Waals surface area (Å²) in [6, 6.07) is 10.1. The molecular weight excluding hydrogens is 416 g/mol. The van der Waals surface area contributed by atoms with E-state index < -0.39 is 24.8 Å². The fraction of sp³-hybridized carbons (Fsp3) is 0.200. The summed E-state index contributed by atoms with van der Waals surface area (Å²) in [6.45, 7) is 1.28. The molecule has 0 saturated carbocycles. The number of anilines is 1. The van der Waals surface area contributed by atoms with Crippen LogP contribution in [-0.2, 0) is 16.1 Å². The lowest BCUT2D eigenvalue weighted by Gasteiger charge is -2.10. The van der Waals surface area contributed by atoms with Crippen LogP contribution in [0.4, 0.5) is 14.5 Å². The van der Waals surface area contributed by atoms with Crippen molar-refractivity contribution in [3.05, 3.63) is 58.5 Å². The molecule has 160 valence electrons. The normalized spacial score (nSPS) is 13.8. The van der Waals surface area contributed by atoms with Gasteiger partial charge in [0, 0.05) is 23.7 Å². The van der Waals surface area contributed by atoms with Crippen LogP contribution in [0.1, 0.15) is 17.4 Å².